The van der Waals surface area contributed by atoms with Crippen LogP contribution in [0.1, 0.15) is 10.5 Å². The Morgan fingerprint density at radius 1 is 1.47 bits per heavy atom. The van der Waals surface area contributed by atoms with Gasteiger partial charge in [-0.3, -0.25) is 0 Å². The van der Waals surface area contributed by atoms with E-state index in [0.717, 1.165) is 0 Å². The lowest BCUT2D eigenvalue weighted by Crippen LogP contribution is -2.19. The zero-order valence-electron chi connectivity index (χ0n) is 9.75. The maximum Gasteiger partial charge on any atom is 0.422 e. The van der Waals surface area contributed by atoms with Crippen molar-refractivity contribution in [3.05, 3.63) is 24.0 Å². The first-order valence-electron chi connectivity index (χ1n) is 5.16. The first kappa shape index (κ1) is 13.2. The highest BCUT2D eigenvalue weighted by atomic mass is 19.4. The number of hydrogen-bond donors (Lipinski definition) is 1. The van der Waals surface area contributed by atoms with E-state index < -0.39 is 18.8 Å². The number of ether oxygens (including phenoxy) is 2. The maximum absolute atomic E-state index is 12.1. The minimum absolute atomic E-state index is 0.113. The summed E-state index contributed by atoms with van der Waals surface area (Å²) in [6.07, 6.45) is -3.17. The third-order valence-corrected chi connectivity index (χ3v) is 2.29. The summed E-state index contributed by atoms with van der Waals surface area (Å²) in [5.41, 5.74) is 0.551. The Morgan fingerprint density at radius 2 is 2.21 bits per heavy atom. The molecule has 0 spiro atoms. The Hall–Kier alpha value is -2.25. The van der Waals surface area contributed by atoms with Crippen molar-refractivity contribution in [3.63, 3.8) is 0 Å². The Balaban J connectivity index is 2.34. The van der Waals surface area contributed by atoms with Gasteiger partial charge in [0, 0.05) is 6.20 Å². The first-order chi connectivity index (χ1) is 8.90. The van der Waals surface area contributed by atoms with Crippen LogP contribution in [0.5, 0.6) is 5.88 Å². The topological polar surface area (TPSA) is 64.2 Å². The second-order valence-corrected chi connectivity index (χ2v) is 3.66. The summed E-state index contributed by atoms with van der Waals surface area (Å²) in [6.45, 7) is -1.45. The number of aromatic amines is 1. The van der Waals surface area contributed by atoms with Gasteiger partial charge in [0.15, 0.2) is 6.61 Å². The van der Waals surface area contributed by atoms with E-state index in [1.54, 1.807) is 0 Å². The van der Waals surface area contributed by atoms with Gasteiger partial charge in [0.1, 0.15) is 5.69 Å². The zero-order chi connectivity index (χ0) is 14.0. The molecule has 1 N–H and O–H groups in total. The van der Waals surface area contributed by atoms with Crippen LogP contribution in [-0.4, -0.2) is 35.8 Å². The lowest BCUT2D eigenvalue weighted by atomic mass is 10.3. The minimum atomic E-state index is -4.45. The van der Waals surface area contributed by atoms with Gasteiger partial charge in [-0.1, -0.05) is 0 Å². The number of nitrogens with one attached hydrogen (secondary N) is 1. The van der Waals surface area contributed by atoms with E-state index in [-0.39, 0.29) is 17.0 Å². The molecule has 0 saturated carbocycles. The fraction of sp³-hybridized carbons (Fsp3) is 0.273. The van der Waals surface area contributed by atoms with Gasteiger partial charge < -0.3 is 14.5 Å². The van der Waals surface area contributed by atoms with Gasteiger partial charge in [0.2, 0.25) is 5.88 Å². The lowest BCUT2D eigenvalue weighted by molar-refractivity contribution is -0.153. The molecule has 2 heterocycles. The number of hydrogen-bond acceptors (Lipinski definition) is 4. The molecule has 0 aliphatic carbocycles. The number of alkyl halides is 3. The summed E-state index contributed by atoms with van der Waals surface area (Å²) in [5.74, 6) is -0.820. The molecule has 0 fully saturated rings. The molecule has 19 heavy (non-hydrogen) atoms. The second kappa shape index (κ2) is 4.79. The van der Waals surface area contributed by atoms with Crippen LogP contribution in [0, 0.1) is 0 Å². The molecular formula is C11H9F3N2O3. The molecule has 102 valence electrons. The smallest absolute Gasteiger partial charge is 0.422 e. The number of carbonyl (C=O) groups is 1. The number of rotatable bonds is 3. The minimum Gasteiger partial charge on any atom is -0.468 e. The number of nitrogens with zero attached hydrogens (tertiary/aromatic N) is 1. The summed E-state index contributed by atoms with van der Waals surface area (Å²) in [7, 11) is 1.20. The Morgan fingerprint density at radius 3 is 2.84 bits per heavy atom. The van der Waals surface area contributed by atoms with Crippen molar-refractivity contribution in [2.24, 2.45) is 0 Å². The molecule has 5 nitrogen and oxygen atoms in total. The first-order valence-corrected chi connectivity index (χ1v) is 5.16. The molecule has 2 rings (SSSR count). The summed E-state index contributed by atoms with van der Waals surface area (Å²) in [4.78, 5) is 17.7. The number of methoxy groups -OCH3 is 1. The third kappa shape index (κ3) is 2.95. The van der Waals surface area contributed by atoms with Crippen molar-refractivity contribution in [2.45, 2.75) is 6.18 Å². The fourth-order valence-electron chi connectivity index (χ4n) is 1.51. The molecule has 2 aromatic rings. The van der Waals surface area contributed by atoms with Crippen LogP contribution in [-0.2, 0) is 4.74 Å². The number of aromatic nitrogens is 2. The lowest BCUT2D eigenvalue weighted by Gasteiger charge is -2.08. The standard InChI is InChI=1S/C11H9F3N2O3/c1-18-10(17)8-4-6-7(16-8)2-3-15-9(6)19-5-11(12,13)14/h2-4,16H,5H2,1H3. The molecule has 2 aromatic heterocycles. The van der Waals surface area contributed by atoms with Crippen LogP contribution in [0.15, 0.2) is 18.3 Å². The van der Waals surface area contributed by atoms with Crippen LogP contribution in [0.3, 0.4) is 0 Å². The van der Waals surface area contributed by atoms with Gasteiger partial charge in [0.25, 0.3) is 0 Å². The number of halogens is 3. The number of H-pyrrole nitrogens is 1. The van der Waals surface area contributed by atoms with Crippen LogP contribution >= 0.6 is 0 Å². The van der Waals surface area contributed by atoms with Crippen molar-refractivity contribution in [1.29, 1.82) is 0 Å². The average molecular weight is 274 g/mol. The SMILES string of the molecule is COC(=O)c1cc2c(OCC(F)(F)F)nccc2[nH]1. The largest absolute Gasteiger partial charge is 0.468 e. The fourth-order valence-corrected chi connectivity index (χ4v) is 1.51. The molecular weight excluding hydrogens is 265 g/mol. The molecule has 0 aliphatic heterocycles. The molecule has 0 aliphatic rings. The predicted octanol–water partition coefficient (Wildman–Crippen LogP) is 2.29. The number of carbonyl (C=O) groups excluding carboxylic acids is 1. The molecule has 0 atom stereocenters. The van der Waals surface area contributed by atoms with Crippen LogP contribution in [0.2, 0.25) is 0 Å². The van der Waals surface area contributed by atoms with E-state index in [1.165, 1.54) is 25.4 Å². The number of esters is 1. The van der Waals surface area contributed by atoms with Gasteiger partial charge in [0.05, 0.1) is 18.0 Å². The second-order valence-electron chi connectivity index (χ2n) is 3.66. The normalized spacial score (nSPS) is 11.6. The predicted molar refractivity (Wildman–Crippen MR) is 59.0 cm³/mol. The van der Waals surface area contributed by atoms with Crippen LogP contribution in [0.25, 0.3) is 10.9 Å². The monoisotopic (exact) mass is 274 g/mol. The maximum atomic E-state index is 12.1. The molecule has 0 amide bonds. The third-order valence-electron chi connectivity index (χ3n) is 2.29. The zero-order valence-corrected chi connectivity index (χ0v) is 9.75. The van der Waals surface area contributed by atoms with Crippen LogP contribution < -0.4 is 4.74 Å². The van der Waals surface area contributed by atoms with E-state index in [2.05, 4.69) is 19.4 Å². The Labute approximate surface area is 105 Å². The number of pyridine rings is 1. The van der Waals surface area contributed by atoms with E-state index in [9.17, 15) is 18.0 Å². The molecule has 0 unspecified atom stereocenters. The summed E-state index contributed by atoms with van der Waals surface area (Å²) in [6, 6.07) is 2.85. The van der Waals surface area contributed by atoms with Gasteiger partial charge in [-0.05, 0) is 12.1 Å². The van der Waals surface area contributed by atoms with E-state index in [4.69, 9.17) is 0 Å². The highest BCUT2D eigenvalue weighted by Gasteiger charge is 2.29. The van der Waals surface area contributed by atoms with Crippen molar-refractivity contribution >= 4 is 16.9 Å². The average Bonchev–Trinajstić information content (AvgIpc) is 2.78. The van der Waals surface area contributed by atoms with Gasteiger partial charge >= 0.3 is 12.1 Å². The van der Waals surface area contributed by atoms with Crippen molar-refractivity contribution in [3.8, 4) is 5.88 Å². The highest BCUT2D eigenvalue weighted by Crippen LogP contribution is 2.26. The highest BCUT2D eigenvalue weighted by molar-refractivity contribution is 5.96. The van der Waals surface area contributed by atoms with Crippen LogP contribution in [0.4, 0.5) is 13.2 Å². The number of fused-ring (bicyclic) bond motifs is 1. The quantitative estimate of drug-likeness (QED) is 0.872. The van der Waals surface area contributed by atoms with Crippen molar-refractivity contribution < 1.29 is 27.4 Å². The van der Waals surface area contributed by atoms with E-state index >= 15 is 0 Å². The van der Waals surface area contributed by atoms with Crippen molar-refractivity contribution in [1.82, 2.24) is 9.97 Å². The van der Waals surface area contributed by atoms with E-state index in [0.29, 0.717) is 5.52 Å². The Kier molecular flexibility index (Phi) is 3.32. The molecule has 0 aromatic carbocycles. The molecule has 8 heteroatoms. The van der Waals surface area contributed by atoms with Crippen molar-refractivity contribution in [2.75, 3.05) is 13.7 Å². The Bertz CT molecular complexity index is 607. The van der Waals surface area contributed by atoms with Gasteiger partial charge in [-0.15, -0.1) is 0 Å². The molecule has 0 saturated heterocycles. The summed E-state index contributed by atoms with van der Waals surface area (Å²) >= 11 is 0. The summed E-state index contributed by atoms with van der Waals surface area (Å²) < 4.78 is 45.4. The molecule has 0 bridgehead atoms. The molecule has 0 radical (unpaired) electrons. The van der Waals surface area contributed by atoms with Gasteiger partial charge in [-0.25, -0.2) is 9.78 Å². The van der Waals surface area contributed by atoms with E-state index in [1.807, 2.05) is 0 Å². The summed E-state index contributed by atoms with van der Waals surface area (Å²) in [5, 5.41) is 0.284. The van der Waals surface area contributed by atoms with Gasteiger partial charge in [-0.2, -0.15) is 13.2 Å².